The van der Waals surface area contributed by atoms with Crippen LogP contribution in [-0.2, 0) is 0 Å². The lowest BCUT2D eigenvalue weighted by Crippen LogP contribution is -2.00. The van der Waals surface area contributed by atoms with Crippen molar-refractivity contribution in [3.8, 4) is 78.7 Å². The molecule has 6 heteroatoms. The van der Waals surface area contributed by atoms with E-state index >= 15 is 0 Å². The summed E-state index contributed by atoms with van der Waals surface area (Å²) in [6.07, 6.45) is 7.22. The fraction of sp³-hybridized carbons (Fsp3) is 0. The molecule has 0 fully saturated rings. The van der Waals surface area contributed by atoms with Crippen LogP contribution in [0.2, 0.25) is 0 Å². The number of hydrogen-bond donors (Lipinski definition) is 0. The van der Waals surface area contributed by atoms with Crippen molar-refractivity contribution in [2.45, 2.75) is 0 Å². The van der Waals surface area contributed by atoms with Crippen LogP contribution in [0.25, 0.3) is 101 Å². The van der Waals surface area contributed by atoms with Gasteiger partial charge < -0.3 is 4.42 Å². The van der Waals surface area contributed by atoms with Crippen molar-refractivity contribution >= 4 is 21.9 Å². The Morgan fingerprint density at radius 1 is 0.291 bits per heavy atom. The quantitative estimate of drug-likeness (QED) is 0.164. The van der Waals surface area contributed by atoms with Gasteiger partial charge in [0.25, 0.3) is 0 Å². The second-order valence-electron chi connectivity index (χ2n) is 13.3. The first-order valence-corrected chi connectivity index (χ1v) is 18.1. The van der Waals surface area contributed by atoms with Gasteiger partial charge in [0, 0.05) is 63.4 Å². The van der Waals surface area contributed by atoms with Gasteiger partial charge in [0.1, 0.15) is 11.2 Å². The van der Waals surface area contributed by atoms with E-state index in [2.05, 4.69) is 143 Å². The molecule has 0 unspecified atom stereocenters. The van der Waals surface area contributed by atoms with Crippen LogP contribution in [0.1, 0.15) is 0 Å². The summed E-state index contributed by atoms with van der Waals surface area (Å²) in [5.74, 6) is 1.77. The Morgan fingerprint density at radius 3 is 1.22 bits per heavy atom. The molecule has 4 heterocycles. The Kier molecular flexibility index (Phi) is 8.04. The molecule has 0 atom stereocenters. The molecule has 0 saturated carbocycles. The smallest absolute Gasteiger partial charge is 0.164 e. The highest BCUT2D eigenvalue weighted by Crippen LogP contribution is 2.40. The average molecular weight is 706 g/mol. The largest absolute Gasteiger partial charge is 0.455 e. The molecule has 0 radical (unpaired) electrons. The molecule has 258 valence electrons. The van der Waals surface area contributed by atoms with E-state index in [1.54, 1.807) is 24.8 Å². The lowest BCUT2D eigenvalue weighted by Gasteiger charge is -2.11. The zero-order chi connectivity index (χ0) is 36.6. The highest BCUT2D eigenvalue weighted by atomic mass is 16.3. The molecule has 0 aliphatic heterocycles. The number of benzene rings is 6. The fourth-order valence-electron chi connectivity index (χ4n) is 7.19. The van der Waals surface area contributed by atoms with E-state index < -0.39 is 0 Å². The van der Waals surface area contributed by atoms with Crippen LogP contribution < -0.4 is 0 Å². The first kappa shape index (κ1) is 32.1. The highest BCUT2D eigenvalue weighted by Gasteiger charge is 2.18. The second kappa shape index (κ2) is 13.8. The number of nitrogens with zero attached hydrogens (tertiary/aromatic N) is 5. The number of aromatic nitrogens is 5. The predicted molar refractivity (Wildman–Crippen MR) is 221 cm³/mol. The van der Waals surface area contributed by atoms with Crippen LogP contribution in [0.15, 0.2) is 193 Å². The van der Waals surface area contributed by atoms with E-state index in [1.807, 2.05) is 30.3 Å². The lowest BCUT2D eigenvalue weighted by molar-refractivity contribution is 0.671. The van der Waals surface area contributed by atoms with E-state index in [4.69, 9.17) is 19.4 Å². The molecular weight excluding hydrogens is 675 g/mol. The van der Waals surface area contributed by atoms with Crippen molar-refractivity contribution in [2.75, 3.05) is 0 Å². The van der Waals surface area contributed by atoms with Gasteiger partial charge in [-0.2, -0.15) is 0 Å². The topological polar surface area (TPSA) is 77.6 Å². The molecule has 0 aliphatic carbocycles. The molecular formula is C49H31N5O. The molecule has 6 aromatic carbocycles. The zero-order valence-electron chi connectivity index (χ0n) is 29.5. The number of para-hydroxylation sites is 2. The maximum atomic E-state index is 6.76. The maximum absolute atomic E-state index is 6.76. The third-order valence-electron chi connectivity index (χ3n) is 9.99. The predicted octanol–water partition coefficient (Wildman–Crippen LogP) is 12.2. The molecule has 0 saturated heterocycles. The summed E-state index contributed by atoms with van der Waals surface area (Å²) in [5, 5.41) is 2.16. The van der Waals surface area contributed by atoms with Gasteiger partial charge in [-0.25, -0.2) is 15.0 Å². The van der Waals surface area contributed by atoms with Gasteiger partial charge in [0.05, 0.1) is 0 Å². The summed E-state index contributed by atoms with van der Waals surface area (Å²) in [6, 6.07) is 56.1. The number of rotatable bonds is 7. The molecule has 0 amide bonds. The van der Waals surface area contributed by atoms with Gasteiger partial charge in [0.2, 0.25) is 0 Å². The molecule has 0 spiro atoms. The van der Waals surface area contributed by atoms with Crippen molar-refractivity contribution in [3.05, 3.63) is 189 Å². The summed E-state index contributed by atoms with van der Waals surface area (Å²) in [6.45, 7) is 0. The SMILES string of the molecule is c1ccc(-c2cccc3c2oc2c(-c4cccc(-c5nc(-c6ccc(-c7ccncc7)cc6)nc(-c6ccc(-c7ccncc7)cc6)n5)c4)cccc23)cc1. The molecule has 10 rings (SSSR count). The van der Waals surface area contributed by atoms with Gasteiger partial charge in [-0.15, -0.1) is 0 Å². The summed E-state index contributed by atoms with van der Waals surface area (Å²) < 4.78 is 6.76. The van der Waals surface area contributed by atoms with Gasteiger partial charge in [0.15, 0.2) is 17.5 Å². The minimum Gasteiger partial charge on any atom is -0.455 e. The highest BCUT2D eigenvalue weighted by molar-refractivity contribution is 6.13. The third-order valence-corrected chi connectivity index (χ3v) is 9.99. The minimum atomic E-state index is 0.585. The standard InChI is InChI=1S/C49H31N5O/c1-2-7-36(8-3-1)41-11-5-13-43-44-14-6-12-42(46(44)55-45(41)43)39-9-4-10-40(31-39)49-53-47(37-19-15-32(16-20-37)34-23-27-50-28-24-34)52-48(54-49)38-21-17-33(18-22-38)35-25-29-51-30-26-35/h1-31H. The van der Waals surface area contributed by atoms with E-state index in [9.17, 15) is 0 Å². The Balaban J connectivity index is 1.08. The minimum absolute atomic E-state index is 0.585. The normalized spacial score (nSPS) is 11.3. The monoisotopic (exact) mass is 705 g/mol. The van der Waals surface area contributed by atoms with Crippen molar-refractivity contribution in [2.24, 2.45) is 0 Å². The number of fused-ring (bicyclic) bond motifs is 3. The summed E-state index contributed by atoms with van der Waals surface area (Å²) >= 11 is 0. The van der Waals surface area contributed by atoms with Crippen LogP contribution in [0.5, 0.6) is 0 Å². The van der Waals surface area contributed by atoms with E-state index in [0.717, 1.165) is 83.1 Å². The lowest BCUT2D eigenvalue weighted by atomic mass is 9.99. The number of furan rings is 1. The molecule has 10 aromatic rings. The van der Waals surface area contributed by atoms with Crippen LogP contribution >= 0.6 is 0 Å². The van der Waals surface area contributed by atoms with Crippen LogP contribution in [-0.4, -0.2) is 24.9 Å². The van der Waals surface area contributed by atoms with Gasteiger partial charge in [-0.1, -0.05) is 133 Å². The molecule has 6 nitrogen and oxygen atoms in total. The molecule has 0 aliphatic rings. The van der Waals surface area contributed by atoms with Crippen molar-refractivity contribution in [3.63, 3.8) is 0 Å². The van der Waals surface area contributed by atoms with E-state index in [-0.39, 0.29) is 0 Å². The van der Waals surface area contributed by atoms with Gasteiger partial charge in [-0.3, -0.25) is 9.97 Å². The van der Waals surface area contributed by atoms with Crippen LogP contribution in [0.3, 0.4) is 0 Å². The Hall–Kier alpha value is -7.57. The average Bonchev–Trinajstić information content (AvgIpc) is 3.67. The van der Waals surface area contributed by atoms with Gasteiger partial charge >= 0.3 is 0 Å². The van der Waals surface area contributed by atoms with E-state index in [1.165, 1.54) is 0 Å². The van der Waals surface area contributed by atoms with Gasteiger partial charge in [-0.05, 0) is 63.7 Å². The first-order chi connectivity index (χ1) is 27.2. The Morgan fingerprint density at radius 2 is 0.691 bits per heavy atom. The number of pyridine rings is 2. The van der Waals surface area contributed by atoms with E-state index in [0.29, 0.717) is 17.5 Å². The third kappa shape index (κ3) is 6.11. The first-order valence-electron chi connectivity index (χ1n) is 18.1. The van der Waals surface area contributed by atoms with Crippen molar-refractivity contribution in [1.29, 1.82) is 0 Å². The number of hydrogen-bond acceptors (Lipinski definition) is 6. The summed E-state index contributed by atoms with van der Waals surface area (Å²) in [7, 11) is 0. The Bertz CT molecular complexity index is 2840. The van der Waals surface area contributed by atoms with Crippen LogP contribution in [0.4, 0.5) is 0 Å². The fourth-order valence-corrected chi connectivity index (χ4v) is 7.19. The van der Waals surface area contributed by atoms with Crippen molar-refractivity contribution in [1.82, 2.24) is 24.9 Å². The van der Waals surface area contributed by atoms with Crippen molar-refractivity contribution < 1.29 is 4.42 Å². The molecule has 4 aromatic heterocycles. The molecule has 0 N–H and O–H groups in total. The summed E-state index contributed by atoms with van der Waals surface area (Å²) in [4.78, 5) is 23.5. The van der Waals surface area contributed by atoms with Crippen LogP contribution in [0, 0.1) is 0 Å². The maximum Gasteiger partial charge on any atom is 0.164 e. The summed E-state index contributed by atoms with van der Waals surface area (Å²) in [5.41, 5.74) is 13.0. The molecule has 0 bridgehead atoms. The zero-order valence-corrected chi connectivity index (χ0v) is 29.5. The molecule has 55 heavy (non-hydrogen) atoms. The Labute approximate surface area is 317 Å². The second-order valence-corrected chi connectivity index (χ2v) is 13.3.